The molecule has 0 aromatic carbocycles. The molecule has 0 aliphatic heterocycles. The molecule has 1 amide bonds. The first-order valence-electron chi connectivity index (χ1n) is 8.23. The van der Waals surface area contributed by atoms with Crippen molar-refractivity contribution < 1.29 is 14.3 Å². The van der Waals surface area contributed by atoms with Gasteiger partial charge in [0.15, 0.2) is 6.61 Å². The van der Waals surface area contributed by atoms with E-state index in [0.29, 0.717) is 10.8 Å². The number of hydrogen-bond acceptors (Lipinski definition) is 5. The highest BCUT2D eigenvalue weighted by Gasteiger charge is 2.30. The number of rotatable bonds is 5. The average molecular weight is 348 g/mol. The van der Waals surface area contributed by atoms with Crippen molar-refractivity contribution >= 4 is 23.2 Å². The van der Waals surface area contributed by atoms with Gasteiger partial charge in [0.1, 0.15) is 4.88 Å². The summed E-state index contributed by atoms with van der Waals surface area (Å²) in [7, 11) is 0. The van der Waals surface area contributed by atoms with Gasteiger partial charge in [-0.15, -0.1) is 11.3 Å². The van der Waals surface area contributed by atoms with Crippen molar-refractivity contribution in [3.05, 3.63) is 21.4 Å². The van der Waals surface area contributed by atoms with Gasteiger partial charge >= 0.3 is 5.97 Å². The highest BCUT2D eigenvalue weighted by molar-refractivity contribution is 7.14. The molecule has 6 heteroatoms. The molecule has 0 saturated heterocycles. The van der Waals surface area contributed by atoms with E-state index >= 15 is 0 Å². The van der Waals surface area contributed by atoms with Crippen molar-refractivity contribution in [2.45, 2.75) is 46.5 Å². The SMILES string of the molecule is CC(C)(C)[C@@H]1CCc2sc(C(=O)OCC(=O)NCCC#N)cc2C1. The van der Waals surface area contributed by atoms with E-state index in [9.17, 15) is 9.59 Å². The van der Waals surface area contributed by atoms with Gasteiger partial charge in [0.25, 0.3) is 5.91 Å². The molecule has 0 saturated carbocycles. The lowest BCUT2D eigenvalue weighted by Gasteiger charge is -2.33. The van der Waals surface area contributed by atoms with Gasteiger partial charge in [0, 0.05) is 11.4 Å². The van der Waals surface area contributed by atoms with Gasteiger partial charge in [-0.25, -0.2) is 4.79 Å². The zero-order chi connectivity index (χ0) is 17.7. The third-order valence-electron chi connectivity index (χ3n) is 4.40. The zero-order valence-corrected chi connectivity index (χ0v) is 15.3. The molecule has 0 fully saturated rings. The fraction of sp³-hybridized carbons (Fsp3) is 0.611. The molecule has 0 bridgehead atoms. The third-order valence-corrected chi connectivity index (χ3v) is 5.62. The summed E-state index contributed by atoms with van der Waals surface area (Å²) in [5, 5.41) is 10.9. The van der Waals surface area contributed by atoms with E-state index in [2.05, 4.69) is 26.1 Å². The Hall–Kier alpha value is -1.87. The van der Waals surface area contributed by atoms with Crippen LogP contribution in [0.4, 0.5) is 0 Å². The topological polar surface area (TPSA) is 79.2 Å². The van der Waals surface area contributed by atoms with Crippen molar-refractivity contribution in [2.24, 2.45) is 11.3 Å². The summed E-state index contributed by atoms with van der Waals surface area (Å²) in [6.07, 6.45) is 3.39. The molecule has 1 aromatic heterocycles. The second-order valence-corrected chi connectivity index (χ2v) is 8.34. The number of aryl methyl sites for hydroxylation is 1. The van der Waals surface area contributed by atoms with Gasteiger partial charge in [0.05, 0.1) is 12.5 Å². The molecule has 2 rings (SSSR count). The Kier molecular flexibility index (Phi) is 6.00. The van der Waals surface area contributed by atoms with Crippen molar-refractivity contribution in [1.29, 1.82) is 5.26 Å². The van der Waals surface area contributed by atoms with E-state index in [1.54, 1.807) is 0 Å². The number of esters is 1. The second-order valence-electron chi connectivity index (χ2n) is 7.20. The number of carbonyl (C=O) groups excluding carboxylic acids is 2. The van der Waals surface area contributed by atoms with Crippen LogP contribution in [-0.4, -0.2) is 25.0 Å². The molecule has 24 heavy (non-hydrogen) atoms. The molecule has 5 nitrogen and oxygen atoms in total. The van der Waals surface area contributed by atoms with Gasteiger partial charge < -0.3 is 10.1 Å². The minimum atomic E-state index is -0.447. The number of nitrogens with one attached hydrogen (secondary N) is 1. The molecule has 130 valence electrons. The monoisotopic (exact) mass is 348 g/mol. The van der Waals surface area contributed by atoms with E-state index in [1.807, 2.05) is 12.1 Å². The lowest BCUT2D eigenvalue weighted by molar-refractivity contribution is -0.124. The fourth-order valence-electron chi connectivity index (χ4n) is 2.87. The maximum Gasteiger partial charge on any atom is 0.348 e. The normalized spacial score (nSPS) is 16.8. The largest absolute Gasteiger partial charge is 0.451 e. The van der Waals surface area contributed by atoms with Crippen LogP contribution in [0, 0.1) is 22.7 Å². The number of hydrogen-bond donors (Lipinski definition) is 1. The van der Waals surface area contributed by atoms with Crippen LogP contribution < -0.4 is 5.32 Å². The Morgan fingerprint density at radius 1 is 1.46 bits per heavy atom. The lowest BCUT2D eigenvalue weighted by atomic mass is 9.72. The second kappa shape index (κ2) is 7.80. The Labute approximate surface area is 147 Å². The summed E-state index contributed by atoms with van der Waals surface area (Å²) >= 11 is 1.48. The quantitative estimate of drug-likeness (QED) is 0.655. The fourth-order valence-corrected chi connectivity index (χ4v) is 3.98. The van der Waals surface area contributed by atoms with E-state index in [0.717, 1.165) is 19.3 Å². The van der Waals surface area contributed by atoms with Gasteiger partial charge in [-0.3, -0.25) is 4.79 Å². The maximum absolute atomic E-state index is 12.1. The van der Waals surface area contributed by atoms with Crippen LogP contribution in [0.5, 0.6) is 0 Å². The Balaban J connectivity index is 1.90. The summed E-state index contributed by atoms with van der Waals surface area (Å²) in [5.41, 5.74) is 1.51. The van der Waals surface area contributed by atoms with Crippen LogP contribution in [0.3, 0.4) is 0 Å². The highest BCUT2D eigenvalue weighted by atomic mass is 32.1. The van der Waals surface area contributed by atoms with Crippen LogP contribution in [0.2, 0.25) is 0 Å². The number of nitrogens with zero attached hydrogens (tertiary/aromatic N) is 1. The van der Waals surface area contributed by atoms with Gasteiger partial charge in [0.2, 0.25) is 0 Å². The third kappa shape index (κ3) is 4.81. The van der Waals surface area contributed by atoms with Gasteiger partial charge in [-0.05, 0) is 42.2 Å². The number of thiophene rings is 1. The van der Waals surface area contributed by atoms with E-state index < -0.39 is 5.97 Å². The van der Waals surface area contributed by atoms with E-state index in [4.69, 9.17) is 10.00 Å². The molecule has 1 aliphatic carbocycles. The molecule has 1 heterocycles. The Bertz CT molecular complexity index is 652. The number of carbonyl (C=O) groups is 2. The van der Waals surface area contributed by atoms with Crippen LogP contribution in [0.15, 0.2) is 6.07 Å². The average Bonchev–Trinajstić information content (AvgIpc) is 2.95. The number of amides is 1. The zero-order valence-electron chi connectivity index (χ0n) is 14.5. The first-order chi connectivity index (χ1) is 11.3. The van der Waals surface area contributed by atoms with Gasteiger partial charge in [-0.1, -0.05) is 20.8 Å². The molecule has 1 N–H and O–H groups in total. The van der Waals surface area contributed by atoms with Crippen LogP contribution in [0.25, 0.3) is 0 Å². The molecule has 0 spiro atoms. The molecule has 1 aliphatic rings. The Morgan fingerprint density at radius 3 is 2.88 bits per heavy atom. The first kappa shape index (κ1) is 18.5. The summed E-state index contributed by atoms with van der Waals surface area (Å²) < 4.78 is 5.07. The van der Waals surface area contributed by atoms with Crippen molar-refractivity contribution in [3.63, 3.8) is 0 Å². The highest BCUT2D eigenvalue weighted by Crippen LogP contribution is 2.40. The van der Waals surface area contributed by atoms with Crippen molar-refractivity contribution in [2.75, 3.05) is 13.2 Å². The van der Waals surface area contributed by atoms with E-state index in [1.165, 1.54) is 21.8 Å². The summed E-state index contributed by atoms with van der Waals surface area (Å²) in [6.45, 7) is 6.74. The van der Waals surface area contributed by atoms with Gasteiger partial charge in [-0.2, -0.15) is 5.26 Å². The molecule has 1 atom stereocenters. The van der Waals surface area contributed by atoms with E-state index in [-0.39, 0.29) is 30.9 Å². The summed E-state index contributed by atoms with van der Waals surface area (Å²) in [4.78, 5) is 25.5. The van der Waals surface area contributed by atoms with Crippen LogP contribution in [0.1, 0.15) is 53.7 Å². The van der Waals surface area contributed by atoms with Crippen LogP contribution in [-0.2, 0) is 22.4 Å². The predicted molar refractivity (Wildman–Crippen MR) is 92.8 cm³/mol. The maximum atomic E-state index is 12.1. The minimum absolute atomic E-state index is 0.242. The summed E-state index contributed by atoms with van der Waals surface area (Å²) in [6, 6.07) is 3.86. The first-order valence-corrected chi connectivity index (χ1v) is 9.05. The van der Waals surface area contributed by atoms with Crippen molar-refractivity contribution in [1.82, 2.24) is 5.32 Å². The van der Waals surface area contributed by atoms with Crippen molar-refractivity contribution in [3.8, 4) is 6.07 Å². The Morgan fingerprint density at radius 2 is 2.21 bits per heavy atom. The standard InChI is InChI=1S/C18H24N2O3S/c1-18(2,3)13-5-6-14-12(9-13)10-15(24-14)17(22)23-11-16(21)20-8-4-7-19/h10,13H,4-6,8-9,11H2,1-3H3,(H,20,21)/t13-/m1/s1. The minimum Gasteiger partial charge on any atom is -0.451 e. The molecular weight excluding hydrogens is 324 g/mol. The molecular formula is C18H24N2O3S. The predicted octanol–water partition coefficient (Wildman–Crippen LogP) is 3.09. The molecule has 0 unspecified atom stereocenters. The van der Waals surface area contributed by atoms with Crippen LogP contribution >= 0.6 is 11.3 Å². The number of nitriles is 1. The number of fused-ring (bicyclic) bond motifs is 1. The lowest BCUT2D eigenvalue weighted by Crippen LogP contribution is -2.29. The molecule has 1 aromatic rings. The number of ether oxygens (including phenoxy) is 1. The molecule has 0 radical (unpaired) electrons. The summed E-state index contributed by atoms with van der Waals surface area (Å²) in [5.74, 6) is -0.209. The smallest absolute Gasteiger partial charge is 0.348 e.